The average Bonchev–Trinajstić information content (AvgIpc) is 2.97. The molecule has 0 aliphatic heterocycles. The molecule has 106 valence electrons. The van der Waals surface area contributed by atoms with E-state index in [0.717, 1.165) is 17.1 Å². The Hall–Kier alpha value is -2.82. The van der Waals surface area contributed by atoms with E-state index >= 15 is 0 Å². The fourth-order valence-electron chi connectivity index (χ4n) is 2.06. The van der Waals surface area contributed by atoms with Crippen molar-refractivity contribution in [2.75, 3.05) is 11.9 Å². The summed E-state index contributed by atoms with van der Waals surface area (Å²) in [5.74, 6) is 0.630. The number of ether oxygens (including phenoxy) is 1. The van der Waals surface area contributed by atoms with Crippen molar-refractivity contribution >= 4 is 17.2 Å². The standard InChI is InChI=1S/C16H15N3O2/c1-2-21-14-6-4-13(5-7-14)18-16(20)12-3-8-15-17-9-10-19(15)11-12/h3-11H,2H2,1H3,(H,18,20). The number of rotatable bonds is 4. The number of carbonyl (C=O) groups is 1. The third-order valence-corrected chi connectivity index (χ3v) is 3.07. The number of benzene rings is 1. The van der Waals surface area contributed by atoms with Gasteiger partial charge in [-0.15, -0.1) is 0 Å². The molecule has 0 unspecified atom stereocenters. The van der Waals surface area contributed by atoms with Crippen LogP contribution in [0.1, 0.15) is 17.3 Å². The number of pyridine rings is 1. The van der Waals surface area contributed by atoms with E-state index in [1.54, 1.807) is 18.5 Å². The highest BCUT2D eigenvalue weighted by Crippen LogP contribution is 2.16. The number of hydrogen-bond donors (Lipinski definition) is 1. The molecule has 0 spiro atoms. The average molecular weight is 281 g/mol. The van der Waals surface area contributed by atoms with Crippen LogP contribution < -0.4 is 10.1 Å². The first-order valence-electron chi connectivity index (χ1n) is 6.73. The molecule has 5 heteroatoms. The summed E-state index contributed by atoms with van der Waals surface area (Å²) in [6.07, 6.45) is 5.26. The number of nitrogens with zero attached hydrogens (tertiary/aromatic N) is 2. The Morgan fingerprint density at radius 3 is 2.81 bits per heavy atom. The van der Waals surface area contributed by atoms with Crippen molar-refractivity contribution in [3.63, 3.8) is 0 Å². The van der Waals surface area contributed by atoms with Crippen LogP contribution in [0, 0.1) is 0 Å². The molecule has 0 atom stereocenters. The summed E-state index contributed by atoms with van der Waals surface area (Å²) in [4.78, 5) is 16.4. The highest BCUT2D eigenvalue weighted by Gasteiger charge is 2.07. The van der Waals surface area contributed by atoms with E-state index in [2.05, 4.69) is 10.3 Å². The summed E-state index contributed by atoms with van der Waals surface area (Å²) in [5, 5.41) is 2.86. The normalized spacial score (nSPS) is 10.5. The van der Waals surface area contributed by atoms with Gasteiger partial charge in [-0.25, -0.2) is 4.98 Å². The molecule has 1 aromatic carbocycles. The maximum Gasteiger partial charge on any atom is 0.257 e. The van der Waals surface area contributed by atoms with Crippen molar-refractivity contribution in [2.45, 2.75) is 6.92 Å². The molecule has 3 aromatic rings. The molecule has 0 aliphatic carbocycles. The lowest BCUT2D eigenvalue weighted by Gasteiger charge is -2.07. The third-order valence-electron chi connectivity index (χ3n) is 3.07. The van der Waals surface area contributed by atoms with Gasteiger partial charge in [0.05, 0.1) is 12.2 Å². The maximum atomic E-state index is 12.2. The summed E-state index contributed by atoms with van der Waals surface area (Å²) in [7, 11) is 0. The van der Waals surface area contributed by atoms with Gasteiger partial charge in [0.15, 0.2) is 0 Å². The molecular weight excluding hydrogens is 266 g/mol. The number of fused-ring (bicyclic) bond motifs is 1. The highest BCUT2D eigenvalue weighted by molar-refractivity contribution is 6.04. The second kappa shape index (κ2) is 5.66. The van der Waals surface area contributed by atoms with E-state index < -0.39 is 0 Å². The molecule has 1 N–H and O–H groups in total. The number of aromatic nitrogens is 2. The Morgan fingerprint density at radius 1 is 1.24 bits per heavy atom. The van der Waals surface area contributed by atoms with E-state index in [0.29, 0.717) is 12.2 Å². The Labute approximate surface area is 122 Å². The van der Waals surface area contributed by atoms with E-state index in [1.807, 2.05) is 47.9 Å². The molecular formula is C16H15N3O2. The van der Waals surface area contributed by atoms with Crippen LogP contribution in [0.2, 0.25) is 0 Å². The number of hydrogen-bond acceptors (Lipinski definition) is 3. The minimum atomic E-state index is -0.158. The lowest BCUT2D eigenvalue weighted by atomic mass is 10.2. The summed E-state index contributed by atoms with van der Waals surface area (Å²) in [6.45, 7) is 2.55. The quantitative estimate of drug-likeness (QED) is 0.800. The number of amides is 1. The number of anilines is 1. The smallest absolute Gasteiger partial charge is 0.257 e. The molecule has 5 nitrogen and oxygen atoms in total. The fourth-order valence-corrected chi connectivity index (χ4v) is 2.06. The SMILES string of the molecule is CCOc1ccc(NC(=O)c2ccc3nccn3c2)cc1. The molecule has 0 saturated carbocycles. The van der Waals surface area contributed by atoms with Gasteiger partial charge in [0, 0.05) is 24.3 Å². The van der Waals surface area contributed by atoms with Crippen LogP contribution in [0.5, 0.6) is 5.75 Å². The monoisotopic (exact) mass is 281 g/mol. The Kier molecular flexibility index (Phi) is 3.55. The summed E-state index contributed by atoms with van der Waals surface area (Å²) in [6, 6.07) is 10.9. The first-order valence-corrected chi connectivity index (χ1v) is 6.73. The lowest BCUT2D eigenvalue weighted by Crippen LogP contribution is -2.12. The number of nitrogens with one attached hydrogen (secondary N) is 1. The van der Waals surface area contributed by atoms with Gasteiger partial charge in [-0.2, -0.15) is 0 Å². The molecule has 0 saturated heterocycles. The summed E-state index contributed by atoms with van der Waals surface area (Å²) >= 11 is 0. The summed E-state index contributed by atoms with van der Waals surface area (Å²) < 4.78 is 7.18. The molecule has 0 aliphatic rings. The van der Waals surface area contributed by atoms with Gasteiger partial charge in [-0.3, -0.25) is 4.79 Å². The molecule has 3 rings (SSSR count). The van der Waals surface area contributed by atoms with Crippen LogP contribution in [0.15, 0.2) is 55.0 Å². The minimum Gasteiger partial charge on any atom is -0.494 e. The predicted molar refractivity (Wildman–Crippen MR) is 80.8 cm³/mol. The fraction of sp³-hybridized carbons (Fsp3) is 0.125. The van der Waals surface area contributed by atoms with Crippen molar-refractivity contribution in [1.82, 2.24) is 9.38 Å². The van der Waals surface area contributed by atoms with Crippen molar-refractivity contribution in [1.29, 1.82) is 0 Å². The molecule has 0 bridgehead atoms. The van der Waals surface area contributed by atoms with Crippen LogP contribution in [0.4, 0.5) is 5.69 Å². The number of imidazole rings is 1. The van der Waals surface area contributed by atoms with Crippen molar-refractivity contribution in [3.05, 3.63) is 60.6 Å². The first-order chi connectivity index (χ1) is 10.3. The zero-order chi connectivity index (χ0) is 14.7. The van der Waals surface area contributed by atoms with Gasteiger partial charge in [0.25, 0.3) is 5.91 Å². The van der Waals surface area contributed by atoms with Gasteiger partial charge in [-0.05, 0) is 43.3 Å². The highest BCUT2D eigenvalue weighted by atomic mass is 16.5. The first kappa shape index (κ1) is 13.2. The van der Waals surface area contributed by atoms with Gasteiger partial charge in [-0.1, -0.05) is 0 Å². The molecule has 1 amide bonds. The Bertz CT molecular complexity index is 763. The Balaban J connectivity index is 1.75. The second-order valence-corrected chi connectivity index (χ2v) is 4.52. The molecule has 0 fully saturated rings. The zero-order valence-corrected chi connectivity index (χ0v) is 11.6. The van der Waals surface area contributed by atoms with Crippen LogP contribution in [0.3, 0.4) is 0 Å². The zero-order valence-electron chi connectivity index (χ0n) is 11.6. The predicted octanol–water partition coefficient (Wildman–Crippen LogP) is 2.99. The van der Waals surface area contributed by atoms with Crippen molar-refractivity contribution in [2.24, 2.45) is 0 Å². The van der Waals surface area contributed by atoms with Crippen LogP contribution in [-0.4, -0.2) is 21.9 Å². The Morgan fingerprint density at radius 2 is 2.05 bits per heavy atom. The second-order valence-electron chi connectivity index (χ2n) is 4.52. The van der Waals surface area contributed by atoms with Crippen LogP contribution in [-0.2, 0) is 0 Å². The van der Waals surface area contributed by atoms with E-state index in [-0.39, 0.29) is 5.91 Å². The van der Waals surface area contributed by atoms with Crippen molar-refractivity contribution in [3.8, 4) is 5.75 Å². The van der Waals surface area contributed by atoms with Gasteiger partial charge in [0.1, 0.15) is 11.4 Å². The molecule has 0 radical (unpaired) electrons. The molecule has 2 heterocycles. The lowest BCUT2D eigenvalue weighted by molar-refractivity contribution is 0.102. The largest absolute Gasteiger partial charge is 0.494 e. The maximum absolute atomic E-state index is 12.2. The molecule has 2 aromatic heterocycles. The van der Waals surface area contributed by atoms with E-state index in [4.69, 9.17) is 4.74 Å². The van der Waals surface area contributed by atoms with Crippen LogP contribution >= 0.6 is 0 Å². The van der Waals surface area contributed by atoms with E-state index in [9.17, 15) is 4.79 Å². The summed E-state index contributed by atoms with van der Waals surface area (Å²) in [5.41, 5.74) is 2.12. The number of carbonyl (C=O) groups excluding carboxylic acids is 1. The van der Waals surface area contributed by atoms with Gasteiger partial charge >= 0.3 is 0 Å². The molecule has 21 heavy (non-hydrogen) atoms. The van der Waals surface area contributed by atoms with Gasteiger partial charge < -0.3 is 14.5 Å². The minimum absolute atomic E-state index is 0.158. The van der Waals surface area contributed by atoms with Gasteiger partial charge in [0.2, 0.25) is 0 Å². The van der Waals surface area contributed by atoms with Crippen molar-refractivity contribution < 1.29 is 9.53 Å². The van der Waals surface area contributed by atoms with Crippen LogP contribution in [0.25, 0.3) is 5.65 Å². The van der Waals surface area contributed by atoms with E-state index in [1.165, 1.54) is 0 Å². The topological polar surface area (TPSA) is 55.6 Å². The third kappa shape index (κ3) is 2.86.